The van der Waals surface area contributed by atoms with Gasteiger partial charge in [-0.3, -0.25) is 4.79 Å². The molecule has 0 aromatic heterocycles. The molecule has 0 saturated heterocycles. The predicted octanol–water partition coefficient (Wildman–Crippen LogP) is 4.50. The van der Waals surface area contributed by atoms with E-state index in [-0.39, 0.29) is 23.9 Å². The number of ketones is 1. The van der Waals surface area contributed by atoms with Crippen molar-refractivity contribution < 1.29 is 18.7 Å². The number of Topliss-reactive ketones (excluding diaryl/α,β-unsaturated/α-hetero) is 1. The van der Waals surface area contributed by atoms with Crippen molar-refractivity contribution in [3.05, 3.63) is 35.9 Å². The molecular weight excluding hydrogens is 307 g/mol. The van der Waals surface area contributed by atoms with Gasteiger partial charge in [-0.15, -0.1) is 0 Å². The Morgan fingerprint density at radius 3 is 2.17 bits per heavy atom. The Balaban J connectivity index is 1.71. The van der Waals surface area contributed by atoms with Crippen molar-refractivity contribution in [1.82, 2.24) is 0 Å². The summed E-state index contributed by atoms with van der Waals surface area (Å²) in [5.74, 6) is 0.422. The van der Waals surface area contributed by atoms with Crippen LogP contribution in [-0.2, 0) is 9.53 Å². The number of carbonyl (C=O) groups excluding carboxylic acids is 2. The fraction of sp³-hybridized carbons (Fsp3) is 0.600. The number of hydrogen-bond donors (Lipinski definition) is 0. The highest BCUT2D eigenvalue weighted by atomic mass is 19.1. The first-order chi connectivity index (χ1) is 11.6. The number of alkyl halides is 1. The predicted molar refractivity (Wildman–Crippen MR) is 89.5 cm³/mol. The first-order valence-corrected chi connectivity index (χ1v) is 9.05. The maximum atomic E-state index is 13.5. The van der Waals surface area contributed by atoms with Crippen molar-refractivity contribution in [2.45, 2.75) is 63.6 Å². The van der Waals surface area contributed by atoms with Crippen LogP contribution in [0.15, 0.2) is 30.3 Å². The van der Waals surface area contributed by atoms with Crippen molar-refractivity contribution in [1.29, 1.82) is 0 Å². The highest BCUT2D eigenvalue weighted by Gasteiger charge is 2.37. The van der Waals surface area contributed by atoms with E-state index < -0.39 is 6.17 Å². The summed E-state index contributed by atoms with van der Waals surface area (Å²) in [5, 5.41) is 0. The highest BCUT2D eigenvalue weighted by Crippen LogP contribution is 2.37. The summed E-state index contributed by atoms with van der Waals surface area (Å²) in [5.41, 5.74) is 0.550. The molecule has 0 spiro atoms. The number of rotatable bonds is 4. The van der Waals surface area contributed by atoms with Gasteiger partial charge in [-0.1, -0.05) is 18.2 Å². The number of benzene rings is 1. The van der Waals surface area contributed by atoms with Crippen LogP contribution in [0.25, 0.3) is 0 Å². The summed E-state index contributed by atoms with van der Waals surface area (Å²) in [6, 6.07) is 9.01. The summed E-state index contributed by atoms with van der Waals surface area (Å²) in [6.07, 6.45) is 4.41. The van der Waals surface area contributed by atoms with E-state index in [9.17, 15) is 14.0 Å². The third-order valence-electron chi connectivity index (χ3n) is 5.47. The van der Waals surface area contributed by atoms with Gasteiger partial charge in [0.25, 0.3) is 0 Å². The number of ether oxygens (including phenoxy) is 1. The number of carbonyl (C=O) groups is 2. The van der Waals surface area contributed by atoms with Gasteiger partial charge in [-0.2, -0.15) is 0 Å². The smallest absolute Gasteiger partial charge is 0.338 e. The van der Waals surface area contributed by atoms with E-state index in [2.05, 4.69) is 0 Å². The van der Waals surface area contributed by atoms with Gasteiger partial charge in [0.1, 0.15) is 18.1 Å². The SMILES string of the molecule is O=C1CCC(C(OC(=O)c2ccccc2)C2CCC(F)CC2)CC1. The number of esters is 1. The molecule has 1 unspecified atom stereocenters. The standard InChI is InChI=1S/C20H25FO3/c21-17-10-6-14(7-11-17)19(15-8-12-18(22)13-9-15)24-20(23)16-4-2-1-3-5-16/h1-5,14-15,17,19H,6-13H2. The molecule has 1 aromatic carbocycles. The zero-order valence-corrected chi connectivity index (χ0v) is 14.0. The zero-order chi connectivity index (χ0) is 16.9. The second-order valence-corrected chi connectivity index (χ2v) is 7.12. The molecule has 2 aliphatic carbocycles. The van der Waals surface area contributed by atoms with Crippen LogP contribution in [0.3, 0.4) is 0 Å². The summed E-state index contributed by atoms with van der Waals surface area (Å²) in [6.45, 7) is 0. The third kappa shape index (κ3) is 4.22. The Morgan fingerprint density at radius 1 is 0.958 bits per heavy atom. The quantitative estimate of drug-likeness (QED) is 0.763. The molecule has 3 rings (SSSR count). The zero-order valence-electron chi connectivity index (χ0n) is 14.0. The van der Waals surface area contributed by atoms with Crippen molar-refractivity contribution in [2.75, 3.05) is 0 Å². The maximum Gasteiger partial charge on any atom is 0.338 e. The van der Waals surface area contributed by atoms with Gasteiger partial charge < -0.3 is 4.74 Å². The van der Waals surface area contributed by atoms with E-state index in [0.717, 1.165) is 25.7 Å². The molecule has 0 radical (unpaired) electrons. The van der Waals surface area contributed by atoms with E-state index >= 15 is 0 Å². The van der Waals surface area contributed by atoms with Gasteiger partial charge in [0.05, 0.1) is 5.56 Å². The molecule has 2 saturated carbocycles. The lowest BCUT2D eigenvalue weighted by atomic mass is 9.74. The van der Waals surface area contributed by atoms with Gasteiger partial charge >= 0.3 is 5.97 Å². The number of halogens is 1. The fourth-order valence-electron chi connectivity index (χ4n) is 4.04. The average Bonchev–Trinajstić information content (AvgIpc) is 2.62. The Kier molecular flexibility index (Phi) is 5.64. The Morgan fingerprint density at radius 2 is 1.54 bits per heavy atom. The molecule has 4 heteroatoms. The van der Waals surface area contributed by atoms with Crippen LogP contribution < -0.4 is 0 Å². The fourth-order valence-corrected chi connectivity index (χ4v) is 4.04. The molecule has 0 N–H and O–H groups in total. The molecule has 0 bridgehead atoms. The van der Waals surface area contributed by atoms with Gasteiger partial charge in [-0.05, 0) is 62.5 Å². The molecule has 0 heterocycles. The van der Waals surface area contributed by atoms with Crippen LogP contribution in [0.2, 0.25) is 0 Å². The van der Waals surface area contributed by atoms with Crippen molar-refractivity contribution in [2.24, 2.45) is 11.8 Å². The summed E-state index contributed by atoms with van der Waals surface area (Å²) in [7, 11) is 0. The second-order valence-electron chi connectivity index (χ2n) is 7.12. The first kappa shape index (κ1) is 17.1. The summed E-state index contributed by atoms with van der Waals surface area (Å²) in [4.78, 5) is 24.0. The van der Waals surface area contributed by atoms with Crippen LogP contribution in [-0.4, -0.2) is 24.0 Å². The van der Waals surface area contributed by atoms with Crippen molar-refractivity contribution in [3.8, 4) is 0 Å². The molecule has 24 heavy (non-hydrogen) atoms. The molecule has 0 aliphatic heterocycles. The largest absolute Gasteiger partial charge is 0.458 e. The second kappa shape index (κ2) is 7.91. The maximum absolute atomic E-state index is 13.5. The summed E-state index contributed by atoms with van der Waals surface area (Å²) >= 11 is 0. The third-order valence-corrected chi connectivity index (χ3v) is 5.47. The number of hydrogen-bond acceptors (Lipinski definition) is 3. The average molecular weight is 332 g/mol. The van der Waals surface area contributed by atoms with Gasteiger partial charge in [0.2, 0.25) is 0 Å². The molecule has 3 nitrogen and oxygen atoms in total. The molecule has 2 fully saturated rings. The van der Waals surface area contributed by atoms with E-state index in [1.807, 2.05) is 18.2 Å². The monoisotopic (exact) mass is 332 g/mol. The minimum Gasteiger partial charge on any atom is -0.458 e. The van der Waals surface area contributed by atoms with Gasteiger partial charge in [0.15, 0.2) is 0 Å². The van der Waals surface area contributed by atoms with E-state index in [1.54, 1.807) is 12.1 Å². The van der Waals surface area contributed by atoms with Crippen molar-refractivity contribution in [3.63, 3.8) is 0 Å². The Bertz CT molecular complexity index is 554. The molecule has 1 atom stereocenters. The Labute approximate surface area is 142 Å². The molecular formula is C20H25FO3. The molecule has 130 valence electrons. The van der Waals surface area contributed by atoms with Crippen molar-refractivity contribution >= 4 is 11.8 Å². The lowest BCUT2D eigenvalue weighted by Crippen LogP contribution is -2.38. The summed E-state index contributed by atoms with van der Waals surface area (Å²) < 4.78 is 19.4. The topological polar surface area (TPSA) is 43.4 Å². The molecule has 2 aliphatic rings. The van der Waals surface area contributed by atoms with E-state index in [4.69, 9.17) is 4.74 Å². The van der Waals surface area contributed by atoms with E-state index in [0.29, 0.717) is 37.0 Å². The van der Waals surface area contributed by atoms with Crippen LogP contribution in [0, 0.1) is 11.8 Å². The minimum absolute atomic E-state index is 0.196. The molecule has 0 amide bonds. The first-order valence-electron chi connectivity index (χ1n) is 9.05. The normalized spacial score (nSPS) is 26.8. The van der Waals surface area contributed by atoms with E-state index in [1.165, 1.54) is 0 Å². The Hall–Kier alpha value is -1.71. The van der Waals surface area contributed by atoms with Crippen LogP contribution in [0.4, 0.5) is 4.39 Å². The lowest BCUT2D eigenvalue weighted by Gasteiger charge is -2.37. The van der Waals surface area contributed by atoms with Crippen LogP contribution >= 0.6 is 0 Å². The van der Waals surface area contributed by atoms with Crippen LogP contribution in [0.5, 0.6) is 0 Å². The van der Waals surface area contributed by atoms with Gasteiger partial charge in [-0.25, -0.2) is 9.18 Å². The minimum atomic E-state index is -0.723. The lowest BCUT2D eigenvalue weighted by molar-refractivity contribution is -0.122. The highest BCUT2D eigenvalue weighted by molar-refractivity contribution is 5.89. The molecule has 1 aromatic rings. The van der Waals surface area contributed by atoms with Crippen LogP contribution in [0.1, 0.15) is 61.7 Å². The van der Waals surface area contributed by atoms with Gasteiger partial charge in [0, 0.05) is 12.8 Å².